The molecule has 0 spiro atoms. The van der Waals surface area contributed by atoms with E-state index >= 15 is 0 Å². The number of ether oxygens (including phenoxy) is 1. The van der Waals surface area contributed by atoms with Gasteiger partial charge < -0.3 is 4.74 Å². The summed E-state index contributed by atoms with van der Waals surface area (Å²) in [5, 5.41) is 1.22. The molecule has 0 unspecified atom stereocenters. The monoisotopic (exact) mass is 234 g/mol. The first-order chi connectivity index (χ1) is 6.25. The zero-order chi connectivity index (χ0) is 9.26. The van der Waals surface area contributed by atoms with Crippen LogP contribution < -0.4 is 0 Å². The van der Waals surface area contributed by atoms with Crippen molar-refractivity contribution in [3.05, 3.63) is 28.2 Å². The quantitative estimate of drug-likeness (QED) is 0.587. The summed E-state index contributed by atoms with van der Waals surface area (Å²) in [5.74, 6) is 0.998. The molecule has 2 rings (SSSR count). The molecule has 1 heterocycles. The Morgan fingerprint density at radius 1 is 1.38 bits per heavy atom. The van der Waals surface area contributed by atoms with E-state index in [2.05, 4.69) is 0 Å². The lowest BCUT2D eigenvalue weighted by molar-refractivity contribution is 0.426. The normalized spacial score (nSPS) is 20.3. The Labute approximate surface area is 91.4 Å². The fraction of sp³-hybridized carbons (Fsp3) is 0.333. The maximum absolute atomic E-state index is 5.87. The molecule has 0 amide bonds. The highest BCUT2D eigenvalue weighted by molar-refractivity contribution is 7.99. The molecule has 1 saturated heterocycles. The summed E-state index contributed by atoms with van der Waals surface area (Å²) in [6.45, 7) is 0.897. The van der Waals surface area contributed by atoms with Crippen molar-refractivity contribution in [2.75, 3.05) is 12.4 Å². The molecular weight excluding hydrogens is 227 g/mol. The van der Waals surface area contributed by atoms with E-state index in [9.17, 15) is 0 Å². The van der Waals surface area contributed by atoms with Gasteiger partial charge in [-0.3, -0.25) is 0 Å². The summed E-state index contributed by atoms with van der Waals surface area (Å²) in [6.07, 6.45) is 0.444. The number of halogens is 2. The van der Waals surface area contributed by atoms with E-state index in [4.69, 9.17) is 27.9 Å². The zero-order valence-corrected chi connectivity index (χ0v) is 9.12. The van der Waals surface area contributed by atoms with Gasteiger partial charge in [-0.25, -0.2) is 0 Å². The van der Waals surface area contributed by atoms with Crippen molar-refractivity contribution >= 4 is 35.0 Å². The number of thioether (sulfide) groups is 1. The van der Waals surface area contributed by atoms with Crippen LogP contribution in [0.3, 0.4) is 0 Å². The number of benzene rings is 1. The molecule has 0 aromatic heterocycles. The van der Waals surface area contributed by atoms with Gasteiger partial charge in [-0.05, 0) is 18.2 Å². The average molecular weight is 235 g/mol. The van der Waals surface area contributed by atoms with Crippen LogP contribution in [0.25, 0.3) is 0 Å². The molecule has 0 aliphatic carbocycles. The SMILES string of the molecule is Clc1ccc(SC[C@@H]2CO2)cc1Cl. The molecule has 70 valence electrons. The maximum Gasteiger partial charge on any atom is 0.0903 e. The van der Waals surface area contributed by atoms with E-state index in [-0.39, 0.29) is 0 Å². The van der Waals surface area contributed by atoms with Gasteiger partial charge in [0.15, 0.2) is 0 Å². The van der Waals surface area contributed by atoms with Crippen LogP contribution in [0.15, 0.2) is 23.1 Å². The van der Waals surface area contributed by atoms with Crippen molar-refractivity contribution in [1.82, 2.24) is 0 Å². The minimum absolute atomic E-state index is 0.444. The predicted molar refractivity (Wildman–Crippen MR) is 56.9 cm³/mol. The van der Waals surface area contributed by atoms with Crippen LogP contribution in [0.2, 0.25) is 10.0 Å². The van der Waals surface area contributed by atoms with Crippen molar-refractivity contribution in [3.63, 3.8) is 0 Å². The molecule has 4 heteroatoms. The van der Waals surface area contributed by atoms with E-state index in [1.54, 1.807) is 11.8 Å². The van der Waals surface area contributed by atoms with Crippen LogP contribution >= 0.6 is 35.0 Å². The third-order valence-corrected chi connectivity index (χ3v) is 3.59. The summed E-state index contributed by atoms with van der Waals surface area (Å²) in [4.78, 5) is 1.14. The molecule has 1 aromatic carbocycles. The molecule has 1 aliphatic rings. The molecular formula is C9H8Cl2OS. The van der Waals surface area contributed by atoms with Crippen LogP contribution in [0.1, 0.15) is 0 Å². The first-order valence-corrected chi connectivity index (χ1v) is 5.69. The van der Waals surface area contributed by atoms with E-state index < -0.39 is 0 Å². The lowest BCUT2D eigenvalue weighted by Gasteiger charge is -2.00. The molecule has 0 radical (unpaired) electrons. The van der Waals surface area contributed by atoms with Gasteiger partial charge in [0, 0.05) is 10.6 Å². The van der Waals surface area contributed by atoms with Crippen molar-refractivity contribution in [2.45, 2.75) is 11.0 Å². The van der Waals surface area contributed by atoms with Crippen molar-refractivity contribution in [3.8, 4) is 0 Å². The summed E-state index contributed by atoms with van der Waals surface area (Å²) in [6, 6.07) is 5.68. The molecule has 1 nitrogen and oxygen atoms in total. The van der Waals surface area contributed by atoms with E-state index in [0.717, 1.165) is 17.3 Å². The first-order valence-electron chi connectivity index (χ1n) is 3.95. The number of epoxide rings is 1. The van der Waals surface area contributed by atoms with Crippen LogP contribution in [0.4, 0.5) is 0 Å². The minimum atomic E-state index is 0.444. The fourth-order valence-corrected chi connectivity index (χ4v) is 2.22. The molecule has 13 heavy (non-hydrogen) atoms. The Bertz CT molecular complexity index is 312. The van der Waals surface area contributed by atoms with Gasteiger partial charge in [0.1, 0.15) is 0 Å². The molecule has 0 bridgehead atoms. The van der Waals surface area contributed by atoms with Gasteiger partial charge in [-0.15, -0.1) is 11.8 Å². The van der Waals surface area contributed by atoms with Crippen molar-refractivity contribution in [1.29, 1.82) is 0 Å². The zero-order valence-electron chi connectivity index (χ0n) is 6.80. The number of hydrogen-bond acceptors (Lipinski definition) is 2. The topological polar surface area (TPSA) is 12.5 Å². The third kappa shape index (κ3) is 2.78. The molecule has 1 aliphatic heterocycles. The highest BCUT2D eigenvalue weighted by Gasteiger charge is 2.22. The van der Waals surface area contributed by atoms with E-state index in [1.807, 2.05) is 18.2 Å². The highest BCUT2D eigenvalue weighted by atomic mass is 35.5. The second-order valence-electron chi connectivity index (χ2n) is 2.84. The average Bonchev–Trinajstić information content (AvgIpc) is 2.91. The lowest BCUT2D eigenvalue weighted by Crippen LogP contribution is -1.88. The third-order valence-electron chi connectivity index (χ3n) is 1.73. The number of hydrogen-bond donors (Lipinski definition) is 0. The first kappa shape index (κ1) is 9.66. The van der Waals surface area contributed by atoms with Crippen LogP contribution in [-0.4, -0.2) is 18.5 Å². The maximum atomic E-state index is 5.87. The van der Waals surface area contributed by atoms with Gasteiger partial charge in [-0.2, -0.15) is 0 Å². The predicted octanol–water partition coefficient (Wildman–Crippen LogP) is 3.48. The Balaban J connectivity index is 1.98. The number of rotatable bonds is 3. The van der Waals surface area contributed by atoms with Crippen LogP contribution in [-0.2, 0) is 4.74 Å². The highest BCUT2D eigenvalue weighted by Crippen LogP contribution is 2.29. The standard InChI is InChI=1S/C9H8Cl2OS/c10-8-2-1-7(3-9(8)11)13-5-6-4-12-6/h1-3,6H,4-5H2/t6-/m0/s1. The van der Waals surface area contributed by atoms with E-state index in [1.165, 1.54) is 0 Å². The summed E-state index contributed by atoms with van der Waals surface area (Å²) >= 11 is 13.4. The Morgan fingerprint density at radius 3 is 2.77 bits per heavy atom. The van der Waals surface area contributed by atoms with E-state index in [0.29, 0.717) is 16.1 Å². The summed E-state index contributed by atoms with van der Waals surface area (Å²) in [7, 11) is 0. The molecule has 1 atom stereocenters. The Morgan fingerprint density at radius 2 is 2.15 bits per heavy atom. The molecule has 0 saturated carbocycles. The van der Waals surface area contributed by atoms with Gasteiger partial charge in [-0.1, -0.05) is 23.2 Å². The van der Waals surface area contributed by atoms with Gasteiger partial charge in [0.05, 0.1) is 22.8 Å². The van der Waals surface area contributed by atoms with Crippen LogP contribution in [0.5, 0.6) is 0 Å². The van der Waals surface area contributed by atoms with Crippen molar-refractivity contribution < 1.29 is 4.74 Å². The largest absolute Gasteiger partial charge is 0.372 e. The fourth-order valence-electron chi connectivity index (χ4n) is 0.920. The van der Waals surface area contributed by atoms with Gasteiger partial charge in [0.25, 0.3) is 0 Å². The Kier molecular flexibility index (Phi) is 3.04. The Hall–Kier alpha value is 0.110. The summed E-state index contributed by atoms with van der Waals surface area (Å²) < 4.78 is 5.10. The smallest absolute Gasteiger partial charge is 0.0903 e. The molecule has 1 aromatic rings. The van der Waals surface area contributed by atoms with Crippen molar-refractivity contribution in [2.24, 2.45) is 0 Å². The van der Waals surface area contributed by atoms with Gasteiger partial charge >= 0.3 is 0 Å². The molecule has 1 fully saturated rings. The second-order valence-corrected chi connectivity index (χ2v) is 4.75. The lowest BCUT2D eigenvalue weighted by atomic mass is 10.4. The second kappa shape index (κ2) is 4.09. The molecule has 0 N–H and O–H groups in total. The van der Waals surface area contributed by atoms with Gasteiger partial charge in [0.2, 0.25) is 0 Å². The van der Waals surface area contributed by atoms with Crippen LogP contribution in [0, 0.1) is 0 Å². The minimum Gasteiger partial charge on any atom is -0.372 e. The summed E-state index contributed by atoms with van der Waals surface area (Å²) in [5.41, 5.74) is 0.